The van der Waals surface area contributed by atoms with Gasteiger partial charge < -0.3 is 0 Å². The van der Waals surface area contributed by atoms with Crippen LogP contribution >= 0.6 is 0 Å². The number of aromatic nitrogens is 1. The molecule has 134 valence electrons. The molecular formula is C25H25N2+. The number of benzene rings is 2. The quantitative estimate of drug-likeness (QED) is 0.545. The van der Waals surface area contributed by atoms with Gasteiger partial charge >= 0.3 is 0 Å². The van der Waals surface area contributed by atoms with Crippen LogP contribution in [0.25, 0.3) is 22.4 Å². The summed E-state index contributed by atoms with van der Waals surface area (Å²) in [6.07, 6.45) is 0. The van der Waals surface area contributed by atoms with Crippen molar-refractivity contribution >= 4 is 0 Å². The van der Waals surface area contributed by atoms with Crippen molar-refractivity contribution in [1.29, 1.82) is 5.26 Å². The standard InChI is InChI=1S/C25H25N2/c1-15-11-17(3)27(6)22(12-15)23-16(2)7-9-20-19-10-8-18(14-26)13-21(19)25(4,5)24(20)23/h7-13H,1-6H3/q+1/i1D3. The molecule has 1 heterocycles. The molecule has 0 N–H and O–H groups in total. The van der Waals surface area contributed by atoms with E-state index < -0.39 is 6.85 Å². The number of aryl methyl sites for hydroxylation is 3. The zero-order valence-electron chi connectivity index (χ0n) is 19.4. The van der Waals surface area contributed by atoms with Gasteiger partial charge in [-0.25, -0.2) is 0 Å². The Bertz CT molecular complexity index is 1240. The van der Waals surface area contributed by atoms with Gasteiger partial charge in [0.2, 0.25) is 5.69 Å². The van der Waals surface area contributed by atoms with E-state index >= 15 is 0 Å². The Morgan fingerprint density at radius 1 is 1.04 bits per heavy atom. The Morgan fingerprint density at radius 2 is 1.78 bits per heavy atom. The molecule has 1 aromatic heterocycles. The molecule has 0 atom stereocenters. The summed E-state index contributed by atoms with van der Waals surface area (Å²) < 4.78 is 25.9. The number of rotatable bonds is 1. The summed E-state index contributed by atoms with van der Waals surface area (Å²) in [5.74, 6) is 0. The lowest BCUT2D eigenvalue weighted by atomic mass is 9.78. The Hall–Kier alpha value is -2.92. The van der Waals surface area contributed by atoms with E-state index in [0.29, 0.717) is 11.1 Å². The lowest BCUT2D eigenvalue weighted by Crippen LogP contribution is -2.35. The van der Waals surface area contributed by atoms with E-state index in [1.54, 1.807) is 6.07 Å². The number of fused-ring (bicyclic) bond motifs is 3. The summed E-state index contributed by atoms with van der Waals surface area (Å²) in [5, 5.41) is 9.40. The monoisotopic (exact) mass is 356 g/mol. The van der Waals surface area contributed by atoms with Gasteiger partial charge in [-0.3, -0.25) is 0 Å². The molecule has 1 aliphatic carbocycles. The summed E-state index contributed by atoms with van der Waals surface area (Å²) in [6.45, 7) is 6.22. The average Bonchev–Trinajstić information content (AvgIpc) is 2.90. The van der Waals surface area contributed by atoms with Crippen molar-refractivity contribution in [2.45, 2.75) is 40.0 Å². The first-order valence-electron chi connectivity index (χ1n) is 10.7. The van der Waals surface area contributed by atoms with E-state index in [1.165, 1.54) is 5.56 Å². The van der Waals surface area contributed by atoms with Crippen molar-refractivity contribution in [1.82, 2.24) is 0 Å². The first-order valence-corrected chi connectivity index (χ1v) is 9.17. The van der Waals surface area contributed by atoms with Gasteiger partial charge in [-0.05, 0) is 59.3 Å². The SMILES string of the molecule is [2H]C([2H])([2H])c1cc(C)[n+](C)c(-c2c(C)ccc3c2C(C)(C)c2cc(C#N)ccc2-3)c1. The molecule has 2 heteroatoms. The summed E-state index contributed by atoms with van der Waals surface area (Å²) in [4.78, 5) is 0. The Morgan fingerprint density at radius 3 is 2.48 bits per heavy atom. The molecule has 27 heavy (non-hydrogen) atoms. The largest absolute Gasteiger partial charge is 0.213 e. The lowest BCUT2D eigenvalue weighted by molar-refractivity contribution is -0.666. The van der Waals surface area contributed by atoms with Crippen molar-refractivity contribution in [2.75, 3.05) is 0 Å². The molecule has 0 saturated carbocycles. The molecule has 1 aliphatic rings. The van der Waals surface area contributed by atoms with E-state index in [4.69, 9.17) is 4.11 Å². The molecular weight excluding hydrogens is 328 g/mol. The molecule has 0 amide bonds. The van der Waals surface area contributed by atoms with E-state index in [2.05, 4.69) is 43.5 Å². The van der Waals surface area contributed by atoms with Crippen LogP contribution in [0.3, 0.4) is 0 Å². The average molecular weight is 357 g/mol. The van der Waals surface area contributed by atoms with E-state index in [9.17, 15) is 5.26 Å². The van der Waals surface area contributed by atoms with Gasteiger partial charge in [0.05, 0.1) is 17.2 Å². The molecule has 0 radical (unpaired) electrons. The fraction of sp³-hybridized carbons (Fsp3) is 0.280. The van der Waals surface area contributed by atoms with Crippen LogP contribution in [-0.4, -0.2) is 0 Å². The minimum absolute atomic E-state index is 0.310. The van der Waals surface area contributed by atoms with Crippen molar-refractivity contribution in [3.8, 4) is 28.5 Å². The summed E-state index contributed by atoms with van der Waals surface area (Å²) in [6, 6.07) is 15.9. The first kappa shape index (κ1) is 14.2. The smallest absolute Gasteiger partial charge is 0.199 e. The van der Waals surface area contributed by atoms with Crippen molar-refractivity contribution in [3.63, 3.8) is 0 Å². The van der Waals surface area contributed by atoms with Crippen LogP contribution in [0.5, 0.6) is 0 Å². The molecule has 0 bridgehead atoms. The second-order valence-electron chi connectivity index (χ2n) is 8.01. The van der Waals surface area contributed by atoms with Gasteiger partial charge in [-0.15, -0.1) is 0 Å². The fourth-order valence-electron chi connectivity index (χ4n) is 4.45. The van der Waals surface area contributed by atoms with E-state index in [0.717, 1.165) is 39.2 Å². The highest BCUT2D eigenvalue weighted by Gasteiger charge is 2.39. The molecule has 0 saturated heterocycles. The molecule has 0 spiro atoms. The lowest BCUT2D eigenvalue weighted by Gasteiger charge is -2.25. The maximum Gasteiger partial charge on any atom is 0.213 e. The van der Waals surface area contributed by atoms with Gasteiger partial charge in [0.25, 0.3) is 0 Å². The van der Waals surface area contributed by atoms with E-state index in [-0.39, 0.29) is 5.41 Å². The zero-order chi connectivity index (χ0) is 22.0. The van der Waals surface area contributed by atoms with Crippen LogP contribution in [0.1, 0.15) is 51.5 Å². The zero-order valence-corrected chi connectivity index (χ0v) is 16.4. The van der Waals surface area contributed by atoms with Crippen LogP contribution in [0.4, 0.5) is 0 Å². The number of hydrogen-bond acceptors (Lipinski definition) is 1. The number of nitrogens with zero attached hydrogens (tertiary/aromatic N) is 2. The maximum absolute atomic E-state index is 9.40. The molecule has 0 aliphatic heterocycles. The molecule has 0 unspecified atom stereocenters. The molecule has 4 rings (SSSR count). The predicted molar refractivity (Wildman–Crippen MR) is 110 cm³/mol. The van der Waals surface area contributed by atoms with Crippen LogP contribution < -0.4 is 4.57 Å². The van der Waals surface area contributed by atoms with Crippen molar-refractivity contribution < 1.29 is 8.68 Å². The Labute approximate surface area is 165 Å². The highest BCUT2D eigenvalue weighted by Crippen LogP contribution is 2.52. The van der Waals surface area contributed by atoms with Gasteiger partial charge in [0.1, 0.15) is 7.05 Å². The predicted octanol–water partition coefficient (Wildman–Crippen LogP) is 5.28. The number of pyridine rings is 1. The highest BCUT2D eigenvalue weighted by molar-refractivity contribution is 5.88. The number of nitriles is 1. The van der Waals surface area contributed by atoms with Crippen LogP contribution in [0, 0.1) is 32.0 Å². The topological polar surface area (TPSA) is 27.7 Å². The van der Waals surface area contributed by atoms with Crippen molar-refractivity contribution in [2.24, 2.45) is 7.05 Å². The number of hydrogen-bond donors (Lipinski definition) is 0. The fourth-order valence-corrected chi connectivity index (χ4v) is 4.45. The molecule has 3 aromatic rings. The molecule has 2 aromatic carbocycles. The highest BCUT2D eigenvalue weighted by atomic mass is 14.9. The maximum atomic E-state index is 9.40. The van der Waals surface area contributed by atoms with Crippen LogP contribution in [0.15, 0.2) is 42.5 Å². The van der Waals surface area contributed by atoms with Crippen molar-refractivity contribution in [3.05, 3.63) is 76.0 Å². The molecule has 2 nitrogen and oxygen atoms in total. The van der Waals surface area contributed by atoms with Crippen LogP contribution in [-0.2, 0) is 12.5 Å². The summed E-state index contributed by atoms with van der Waals surface area (Å²) in [7, 11) is 1.98. The minimum atomic E-state index is -2.17. The minimum Gasteiger partial charge on any atom is -0.199 e. The van der Waals surface area contributed by atoms with Gasteiger partial charge in [-0.2, -0.15) is 9.83 Å². The second-order valence-corrected chi connectivity index (χ2v) is 8.01. The van der Waals surface area contributed by atoms with E-state index in [1.807, 2.05) is 38.2 Å². The molecule has 0 fully saturated rings. The summed E-state index contributed by atoms with van der Waals surface area (Å²) in [5.41, 5.74) is 9.28. The Kier molecular flexibility index (Phi) is 3.04. The van der Waals surface area contributed by atoms with Crippen LogP contribution in [0.2, 0.25) is 0 Å². The third-order valence-electron chi connectivity index (χ3n) is 5.95. The second kappa shape index (κ2) is 5.79. The van der Waals surface area contributed by atoms with Gasteiger partial charge in [0, 0.05) is 28.6 Å². The third-order valence-corrected chi connectivity index (χ3v) is 5.95. The van der Waals surface area contributed by atoms with Gasteiger partial charge in [0.15, 0.2) is 5.69 Å². The normalized spacial score (nSPS) is 15.9. The Balaban J connectivity index is 2.08. The summed E-state index contributed by atoms with van der Waals surface area (Å²) >= 11 is 0. The van der Waals surface area contributed by atoms with Gasteiger partial charge in [-0.1, -0.05) is 32.0 Å². The third kappa shape index (κ3) is 2.42. The first-order chi connectivity index (χ1) is 14.0.